The van der Waals surface area contributed by atoms with Crippen molar-refractivity contribution in [1.29, 1.82) is 0 Å². The van der Waals surface area contributed by atoms with E-state index in [1.807, 2.05) is 13.8 Å². The lowest BCUT2D eigenvalue weighted by Crippen LogP contribution is -2.46. The van der Waals surface area contributed by atoms with Gasteiger partial charge in [0.15, 0.2) is 0 Å². The van der Waals surface area contributed by atoms with Gasteiger partial charge in [-0.05, 0) is 50.6 Å². The van der Waals surface area contributed by atoms with Crippen LogP contribution in [0.2, 0.25) is 0 Å². The van der Waals surface area contributed by atoms with Crippen molar-refractivity contribution in [2.75, 3.05) is 6.54 Å². The number of amides is 1. The number of aromatic hydroxyl groups is 1. The lowest BCUT2D eigenvalue weighted by atomic mass is 9.94. The first-order valence-electron chi connectivity index (χ1n) is 5.82. The third kappa shape index (κ3) is 3.75. The van der Waals surface area contributed by atoms with Gasteiger partial charge in [-0.2, -0.15) is 0 Å². The average Bonchev–Trinajstić information content (AvgIpc) is 2.30. The largest absolute Gasteiger partial charge is 0.508 e. The predicted octanol–water partition coefficient (Wildman–Crippen LogP) is 1.64. The molecule has 0 spiro atoms. The van der Waals surface area contributed by atoms with Crippen molar-refractivity contribution in [2.45, 2.75) is 32.2 Å². The zero-order valence-corrected chi connectivity index (χ0v) is 10.4. The maximum absolute atomic E-state index is 12.0. The fraction of sp³-hybridized carbons (Fsp3) is 0.462. The van der Waals surface area contributed by atoms with Gasteiger partial charge in [-0.3, -0.25) is 4.79 Å². The molecule has 0 heterocycles. The van der Waals surface area contributed by atoms with E-state index in [0.29, 0.717) is 12.1 Å². The van der Waals surface area contributed by atoms with E-state index in [1.54, 1.807) is 12.1 Å². The monoisotopic (exact) mass is 236 g/mol. The van der Waals surface area contributed by atoms with Crippen LogP contribution in [-0.4, -0.2) is 23.1 Å². The average molecular weight is 236 g/mol. The van der Waals surface area contributed by atoms with Gasteiger partial charge in [-0.25, -0.2) is 0 Å². The Balaban J connectivity index is 2.74. The molecule has 0 bridgehead atoms. The van der Waals surface area contributed by atoms with Gasteiger partial charge < -0.3 is 16.2 Å². The first-order chi connectivity index (χ1) is 8.00. The third-order valence-electron chi connectivity index (χ3n) is 3.02. The van der Waals surface area contributed by atoms with Crippen molar-refractivity contribution in [2.24, 2.45) is 5.73 Å². The summed E-state index contributed by atoms with van der Waals surface area (Å²) in [5.41, 5.74) is 5.81. The minimum absolute atomic E-state index is 0.136. The van der Waals surface area contributed by atoms with E-state index < -0.39 is 0 Å². The van der Waals surface area contributed by atoms with Gasteiger partial charge in [0, 0.05) is 11.1 Å². The Morgan fingerprint density at radius 1 is 1.41 bits per heavy atom. The normalized spacial score (nSPS) is 14.1. The molecule has 1 rings (SSSR count). The number of carbonyl (C=O) groups is 1. The number of benzene rings is 1. The van der Waals surface area contributed by atoms with Crippen LogP contribution in [-0.2, 0) is 0 Å². The molecule has 94 valence electrons. The van der Waals surface area contributed by atoms with E-state index >= 15 is 0 Å². The van der Waals surface area contributed by atoms with E-state index in [4.69, 9.17) is 10.8 Å². The molecule has 1 amide bonds. The second kappa shape index (κ2) is 5.68. The summed E-state index contributed by atoms with van der Waals surface area (Å²) < 4.78 is 0. The Kier molecular flexibility index (Phi) is 4.52. The van der Waals surface area contributed by atoms with Crippen LogP contribution < -0.4 is 11.1 Å². The summed E-state index contributed by atoms with van der Waals surface area (Å²) in [7, 11) is 0. The first-order valence-corrected chi connectivity index (χ1v) is 5.82. The molecule has 0 aliphatic carbocycles. The molecule has 0 saturated carbocycles. The number of hydrogen-bond acceptors (Lipinski definition) is 3. The summed E-state index contributed by atoms with van der Waals surface area (Å²) in [6.07, 6.45) is 1.57. The van der Waals surface area contributed by atoms with Gasteiger partial charge in [-0.15, -0.1) is 0 Å². The van der Waals surface area contributed by atoms with Crippen LogP contribution in [0.4, 0.5) is 0 Å². The van der Waals surface area contributed by atoms with Crippen LogP contribution in [0, 0.1) is 0 Å². The lowest BCUT2D eigenvalue weighted by Gasteiger charge is -2.29. The van der Waals surface area contributed by atoms with Gasteiger partial charge in [-0.1, -0.05) is 6.92 Å². The highest BCUT2D eigenvalue weighted by Crippen LogP contribution is 2.15. The Morgan fingerprint density at radius 2 is 2.00 bits per heavy atom. The van der Waals surface area contributed by atoms with Crippen molar-refractivity contribution >= 4 is 5.91 Å². The SMILES string of the molecule is CCC(C)(CCN)NC(=O)c1ccc(O)cc1. The molecular weight excluding hydrogens is 216 g/mol. The zero-order valence-electron chi connectivity index (χ0n) is 10.4. The molecule has 0 aliphatic rings. The van der Waals surface area contributed by atoms with Crippen molar-refractivity contribution in [3.8, 4) is 5.75 Å². The van der Waals surface area contributed by atoms with Crippen LogP contribution in [0.15, 0.2) is 24.3 Å². The van der Waals surface area contributed by atoms with Crippen molar-refractivity contribution < 1.29 is 9.90 Å². The fourth-order valence-corrected chi connectivity index (χ4v) is 1.61. The molecule has 1 aromatic carbocycles. The minimum Gasteiger partial charge on any atom is -0.508 e. The Hall–Kier alpha value is -1.55. The lowest BCUT2D eigenvalue weighted by molar-refractivity contribution is 0.0900. The summed E-state index contributed by atoms with van der Waals surface area (Å²) >= 11 is 0. The number of hydrogen-bond donors (Lipinski definition) is 3. The quantitative estimate of drug-likeness (QED) is 0.727. The van der Waals surface area contributed by atoms with E-state index in [1.165, 1.54) is 12.1 Å². The Morgan fingerprint density at radius 3 is 2.47 bits per heavy atom. The van der Waals surface area contributed by atoms with Crippen molar-refractivity contribution in [1.82, 2.24) is 5.32 Å². The summed E-state index contributed by atoms with van der Waals surface area (Å²) in [5, 5.41) is 12.1. The standard InChI is InChI=1S/C13H20N2O2/c1-3-13(2,8-9-14)15-12(17)10-4-6-11(16)7-5-10/h4-7,16H,3,8-9,14H2,1-2H3,(H,15,17). The van der Waals surface area contributed by atoms with Gasteiger partial charge in [0.05, 0.1) is 0 Å². The molecule has 1 unspecified atom stereocenters. The van der Waals surface area contributed by atoms with E-state index in [2.05, 4.69) is 5.32 Å². The first kappa shape index (κ1) is 13.5. The van der Waals surface area contributed by atoms with Gasteiger partial charge in [0.25, 0.3) is 5.91 Å². The van der Waals surface area contributed by atoms with E-state index in [9.17, 15) is 4.79 Å². The molecule has 4 nitrogen and oxygen atoms in total. The molecule has 17 heavy (non-hydrogen) atoms. The number of rotatable bonds is 5. The zero-order chi connectivity index (χ0) is 12.9. The van der Waals surface area contributed by atoms with Crippen LogP contribution in [0.3, 0.4) is 0 Å². The topological polar surface area (TPSA) is 75.3 Å². The number of nitrogens with one attached hydrogen (secondary N) is 1. The summed E-state index contributed by atoms with van der Waals surface area (Å²) in [5.74, 6) is 0.0181. The van der Waals surface area contributed by atoms with Gasteiger partial charge >= 0.3 is 0 Å². The smallest absolute Gasteiger partial charge is 0.251 e. The van der Waals surface area contributed by atoms with E-state index in [0.717, 1.165) is 12.8 Å². The highest BCUT2D eigenvalue weighted by Gasteiger charge is 2.23. The second-order valence-corrected chi connectivity index (χ2v) is 4.45. The van der Waals surface area contributed by atoms with Crippen LogP contribution in [0.5, 0.6) is 5.75 Å². The second-order valence-electron chi connectivity index (χ2n) is 4.45. The number of phenols is 1. The van der Waals surface area contributed by atoms with E-state index in [-0.39, 0.29) is 17.2 Å². The highest BCUT2D eigenvalue weighted by molar-refractivity contribution is 5.94. The fourth-order valence-electron chi connectivity index (χ4n) is 1.61. The number of phenolic OH excluding ortho intramolecular Hbond substituents is 1. The Bertz CT molecular complexity index is 376. The van der Waals surface area contributed by atoms with Crippen LogP contribution >= 0.6 is 0 Å². The molecule has 4 N–H and O–H groups in total. The minimum atomic E-state index is -0.274. The molecule has 1 atom stereocenters. The van der Waals surface area contributed by atoms with Crippen LogP contribution in [0.25, 0.3) is 0 Å². The molecule has 0 aliphatic heterocycles. The maximum Gasteiger partial charge on any atom is 0.251 e. The summed E-state index contributed by atoms with van der Waals surface area (Å²) in [6.45, 7) is 4.55. The summed E-state index contributed by atoms with van der Waals surface area (Å²) in [4.78, 5) is 12.0. The molecule has 1 aromatic rings. The predicted molar refractivity (Wildman–Crippen MR) is 67.9 cm³/mol. The maximum atomic E-state index is 12.0. The van der Waals surface area contributed by atoms with Gasteiger partial charge in [0.1, 0.15) is 5.75 Å². The van der Waals surface area contributed by atoms with Crippen molar-refractivity contribution in [3.05, 3.63) is 29.8 Å². The molecule has 0 aromatic heterocycles. The van der Waals surface area contributed by atoms with Crippen LogP contribution in [0.1, 0.15) is 37.0 Å². The number of nitrogens with two attached hydrogens (primary N) is 1. The highest BCUT2D eigenvalue weighted by atomic mass is 16.3. The molecular formula is C13H20N2O2. The molecule has 4 heteroatoms. The number of carbonyl (C=O) groups excluding carboxylic acids is 1. The third-order valence-corrected chi connectivity index (χ3v) is 3.02. The molecule has 0 radical (unpaired) electrons. The molecule has 0 saturated heterocycles. The van der Waals surface area contributed by atoms with Gasteiger partial charge in [0.2, 0.25) is 0 Å². The summed E-state index contributed by atoms with van der Waals surface area (Å²) in [6, 6.07) is 6.20. The molecule has 0 fully saturated rings. The van der Waals surface area contributed by atoms with Crippen molar-refractivity contribution in [3.63, 3.8) is 0 Å². The Labute approximate surface area is 102 Å².